The molecule has 0 spiro atoms. The van der Waals surface area contributed by atoms with Crippen molar-refractivity contribution in [2.45, 2.75) is 40.5 Å². The van der Waals surface area contributed by atoms with Gasteiger partial charge in [-0.25, -0.2) is 0 Å². The van der Waals surface area contributed by atoms with E-state index in [2.05, 4.69) is 54.5 Å². The Labute approximate surface area is 186 Å². The highest BCUT2D eigenvalue weighted by Gasteiger charge is 2.13. The highest BCUT2D eigenvalue weighted by atomic mass is 79.9. The van der Waals surface area contributed by atoms with Crippen LogP contribution in [0.25, 0.3) is 0 Å². The van der Waals surface area contributed by atoms with Crippen LogP contribution in [0, 0.1) is 12.8 Å². The summed E-state index contributed by atoms with van der Waals surface area (Å²) in [5.74, 6) is 1.13. The van der Waals surface area contributed by atoms with Crippen LogP contribution < -0.4 is 20.3 Å². The van der Waals surface area contributed by atoms with Gasteiger partial charge in [0.05, 0.1) is 11.1 Å². The second-order valence-electron chi connectivity index (χ2n) is 7.84. The monoisotopic (exact) mass is 476 g/mol. The van der Waals surface area contributed by atoms with Crippen LogP contribution >= 0.6 is 15.9 Å². The average Bonchev–Trinajstić information content (AvgIpc) is 2.69. The van der Waals surface area contributed by atoms with Gasteiger partial charge in [0.2, 0.25) is 0 Å². The fourth-order valence-corrected chi connectivity index (χ4v) is 3.13. The molecule has 162 valence electrons. The fourth-order valence-electron chi connectivity index (χ4n) is 2.64. The number of rotatable bonds is 8. The molecule has 6 nitrogen and oxygen atoms in total. The SMILES string of the molecule is Cc1ccc(C(C)C)c(OCC(=O)NNC(=O)c2ccc(OCC(C)C)c(Br)c2)c1. The van der Waals surface area contributed by atoms with Gasteiger partial charge in [0.25, 0.3) is 11.8 Å². The Morgan fingerprint density at radius 3 is 2.33 bits per heavy atom. The molecule has 2 amide bonds. The van der Waals surface area contributed by atoms with E-state index in [4.69, 9.17) is 9.47 Å². The van der Waals surface area contributed by atoms with Gasteiger partial charge in [-0.1, -0.05) is 39.8 Å². The van der Waals surface area contributed by atoms with E-state index >= 15 is 0 Å². The van der Waals surface area contributed by atoms with Crippen LogP contribution in [0.2, 0.25) is 0 Å². The number of amides is 2. The highest BCUT2D eigenvalue weighted by Crippen LogP contribution is 2.28. The van der Waals surface area contributed by atoms with Crippen LogP contribution in [0.5, 0.6) is 11.5 Å². The van der Waals surface area contributed by atoms with Gasteiger partial charge in [0.1, 0.15) is 11.5 Å². The van der Waals surface area contributed by atoms with Crippen molar-refractivity contribution in [2.24, 2.45) is 5.92 Å². The summed E-state index contributed by atoms with van der Waals surface area (Å²) in [6, 6.07) is 10.9. The zero-order valence-electron chi connectivity index (χ0n) is 18.0. The molecular weight excluding hydrogens is 448 g/mol. The number of aryl methyl sites for hydroxylation is 1. The first-order valence-corrected chi connectivity index (χ1v) is 10.7. The Kier molecular flexibility index (Phi) is 8.72. The summed E-state index contributed by atoms with van der Waals surface area (Å²) in [5, 5.41) is 0. The van der Waals surface area contributed by atoms with Crippen molar-refractivity contribution in [3.63, 3.8) is 0 Å². The second-order valence-corrected chi connectivity index (χ2v) is 8.69. The van der Waals surface area contributed by atoms with E-state index in [0.29, 0.717) is 34.1 Å². The average molecular weight is 477 g/mol. The minimum atomic E-state index is -0.449. The summed E-state index contributed by atoms with van der Waals surface area (Å²) >= 11 is 3.41. The van der Waals surface area contributed by atoms with E-state index in [0.717, 1.165) is 11.1 Å². The Bertz CT molecular complexity index is 897. The number of carbonyl (C=O) groups excluding carboxylic acids is 2. The summed E-state index contributed by atoms with van der Waals surface area (Å²) < 4.78 is 12.0. The predicted octanol–water partition coefficient (Wildman–Crippen LogP) is 4.76. The number of nitrogens with one attached hydrogen (secondary N) is 2. The van der Waals surface area contributed by atoms with E-state index in [1.807, 2.05) is 25.1 Å². The maximum Gasteiger partial charge on any atom is 0.276 e. The summed E-state index contributed by atoms with van der Waals surface area (Å²) in [7, 11) is 0. The quantitative estimate of drug-likeness (QED) is 0.538. The van der Waals surface area contributed by atoms with Crippen LogP contribution in [-0.2, 0) is 4.79 Å². The number of benzene rings is 2. The van der Waals surface area contributed by atoms with Crippen LogP contribution in [0.4, 0.5) is 0 Å². The maximum absolute atomic E-state index is 12.3. The largest absolute Gasteiger partial charge is 0.492 e. The van der Waals surface area contributed by atoms with Crippen molar-refractivity contribution in [3.05, 3.63) is 57.6 Å². The Hall–Kier alpha value is -2.54. The first-order valence-electron chi connectivity index (χ1n) is 9.92. The number of carbonyl (C=O) groups is 2. The van der Waals surface area contributed by atoms with Crippen molar-refractivity contribution in [1.29, 1.82) is 0 Å². The summed E-state index contributed by atoms with van der Waals surface area (Å²) in [6.45, 7) is 10.6. The summed E-state index contributed by atoms with van der Waals surface area (Å²) in [4.78, 5) is 24.4. The molecule has 0 unspecified atom stereocenters. The van der Waals surface area contributed by atoms with Gasteiger partial charge in [-0.3, -0.25) is 20.4 Å². The van der Waals surface area contributed by atoms with Crippen LogP contribution in [0.3, 0.4) is 0 Å². The molecule has 2 N–H and O–H groups in total. The van der Waals surface area contributed by atoms with E-state index in [1.54, 1.807) is 18.2 Å². The van der Waals surface area contributed by atoms with Gasteiger partial charge in [-0.15, -0.1) is 0 Å². The van der Waals surface area contributed by atoms with Crippen LogP contribution in [0.15, 0.2) is 40.9 Å². The molecule has 0 aromatic heterocycles. The Morgan fingerprint density at radius 1 is 0.967 bits per heavy atom. The van der Waals surface area contributed by atoms with Gasteiger partial charge in [-0.05, 0) is 70.1 Å². The van der Waals surface area contributed by atoms with Crippen molar-refractivity contribution in [2.75, 3.05) is 13.2 Å². The van der Waals surface area contributed by atoms with Gasteiger partial charge in [0, 0.05) is 5.56 Å². The highest BCUT2D eigenvalue weighted by molar-refractivity contribution is 9.10. The third-order valence-corrected chi connectivity index (χ3v) is 4.85. The Morgan fingerprint density at radius 2 is 1.70 bits per heavy atom. The molecule has 0 aliphatic heterocycles. The molecule has 0 saturated heterocycles. The van der Waals surface area contributed by atoms with E-state index in [-0.39, 0.29) is 12.5 Å². The van der Waals surface area contributed by atoms with Crippen molar-refractivity contribution in [1.82, 2.24) is 10.9 Å². The second kappa shape index (κ2) is 11.0. The zero-order chi connectivity index (χ0) is 22.3. The molecule has 2 aromatic carbocycles. The van der Waals surface area contributed by atoms with E-state index in [9.17, 15) is 9.59 Å². The van der Waals surface area contributed by atoms with E-state index < -0.39 is 11.8 Å². The molecule has 7 heteroatoms. The van der Waals surface area contributed by atoms with Crippen molar-refractivity contribution < 1.29 is 19.1 Å². The van der Waals surface area contributed by atoms with Gasteiger partial charge >= 0.3 is 0 Å². The predicted molar refractivity (Wildman–Crippen MR) is 121 cm³/mol. The summed E-state index contributed by atoms with van der Waals surface area (Å²) in [6.07, 6.45) is 0. The summed E-state index contributed by atoms with van der Waals surface area (Å²) in [5.41, 5.74) is 7.25. The molecule has 0 aliphatic carbocycles. The lowest BCUT2D eigenvalue weighted by molar-refractivity contribution is -0.123. The molecule has 0 saturated carbocycles. The molecule has 2 rings (SSSR count). The molecule has 2 aromatic rings. The number of hydrogen-bond acceptors (Lipinski definition) is 4. The number of hydrogen-bond donors (Lipinski definition) is 2. The minimum Gasteiger partial charge on any atom is -0.492 e. The lowest BCUT2D eigenvalue weighted by Crippen LogP contribution is -2.43. The van der Waals surface area contributed by atoms with Crippen molar-refractivity contribution >= 4 is 27.7 Å². The number of hydrazine groups is 1. The number of halogens is 1. The third kappa shape index (κ3) is 7.06. The molecule has 0 fully saturated rings. The smallest absolute Gasteiger partial charge is 0.276 e. The fraction of sp³-hybridized carbons (Fsp3) is 0.391. The normalized spacial score (nSPS) is 10.8. The first kappa shape index (κ1) is 23.7. The molecule has 0 bridgehead atoms. The molecule has 0 aliphatic rings. The van der Waals surface area contributed by atoms with Crippen LogP contribution in [0.1, 0.15) is 55.1 Å². The minimum absolute atomic E-state index is 0.199. The maximum atomic E-state index is 12.3. The molecule has 30 heavy (non-hydrogen) atoms. The van der Waals surface area contributed by atoms with Gasteiger partial charge in [-0.2, -0.15) is 0 Å². The lowest BCUT2D eigenvalue weighted by Gasteiger charge is -2.15. The molecule has 0 radical (unpaired) electrons. The third-order valence-electron chi connectivity index (χ3n) is 4.23. The van der Waals surface area contributed by atoms with Gasteiger partial charge in [0.15, 0.2) is 6.61 Å². The van der Waals surface area contributed by atoms with Crippen molar-refractivity contribution in [3.8, 4) is 11.5 Å². The first-order chi connectivity index (χ1) is 14.2. The standard InChI is InChI=1S/C23H29BrN2O4/c1-14(2)12-29-20-9-7-17(11-19(20)24)23(28)26-25-22(27)13-30-21-10-16(5)6-8-18(21)15(3)4/h6-11,14-15H,12-13H2,1-5H3,(H,25,27)(H,26,28). The molecule has 0 atom stereocenters. The Balaban J connectivity index is 1.88. The topological polar surface area (TPSA) is 76.7 Å². The van der Waals surface area contributed by atoms with Gasteiger partial charge < -0.3 is 9.47 Å². The number of ether oxygens (including phenoxy) is 2. The van der Waals surface area contributed by atoms with E-state index in [1.165, 1.54) is 0 Å². The van der Waals surface area contributed by atoms with Crippen LogP contribution in [-0.4, -0.2) is 25.0 Å². The molecular formula is C23H29BrN2O4. The molecule has 0 heterocycles. The lowest BCUT2D eigenvalue weighted by atomic mass is 10.0. The zero-order valence-corrected chi connectivity index (χ0v) is 19.6.